The van der Waals surface area contributed by atoms with Crippen LogP contribution in [0.15, 0.2) is 99.3 Å². The van der Waals surface area contributed by atoms with Gasteiger partial charge >= 0.3 is 11.8 Å². The van der Waals surface area contributed by atoms with Gasteiger partial charge in [0.2, 0.25) is 10.0 Å². The standard InChI is InChI=1S/C30H26Cl3N5O6S/c31-21-6-11-25(12-7-21)45(42,43)38(15-14-20-4-2-1-3-5-20)19-28(39)37-35-18-24-10-9-23(44-24)17-34-29(40)30(41)36-22-8-13-26(32)27(33)16-22/h1-13,16,18H,14-15,17,19H2,(H,34,40)(H,36,41)(H,37,39)/b35-18-. The summed E-state index contributed by atoms with van der Waals surface area (Å²) in [6, 6.07) is 22.4. The lowest BCUT2D eigenvalue weighted by Crippen LogP contribution is -2.40. The molecule has 0 aliphatic carbocycles. The first-order valence-corrected chi connectivity index (χ1v) is 15.8. The molecule has 0 saturated heterocycles. The van der Waals surface area contributed by atoms with Gasteiger partial charge in [0.15, 0.2) is 0 Å². The van der Waals surface area contributed by atoms with Crippen LogP contribution in [0.4, 0.5) is 5.69 Å². The minimum Gasteiger partial charge on any atom is -0.458 e. The Morgan fingerprint density at radius 3 is 2.31 bits per heavy atom. The van der Waals surface area contributed by atoms with Gasteiger partial charge in [-0.05, 0) is 66.6 Å². The van der Waals surface area contributed by atoms with E-state index in [1.54, 1.807) is 6.07 Å². The van der Waals surface area contributed by atoms with Gasteiger partial charge in [0, 0.05) is 17.3 Å². The molecule has 4 aromatic rings. The lowest BCUT2D eigenvalue weighted by Gasteiger charge is -2.21. The third-order valence-electron chi connectivity index (χ3n) is 6.13. The number of anilines is 1. The maximum Gasteiger partial charge on any atom is 0.313 e. The van der Waals surface area contributed by atoms with Crippen molar-refractivity contribution < 1.29 is 27.2 Å². The SMILES string of the molecule is O=C(CN(CCc1ccccc1)S(=O)(=O)c1ccc(Cl)cc1)N/N=C\c1ccc(CNC(=O)C(=O)Nc2ccc(Cl)c(Cl)c2)o1. The van der Waals surface area contributed by atoms with E-state index in [1.807, 2.05) is 30.3 Å². The maximum atomic E-state index is 13.4. The van der Waals surface area contributed by atoms with Gasteiger partial charge in [0.25, 0.3) is 5.91 Å². The number of carbonyl (C=O) groups is 3. The fourth-order valence-electron chi connectivity index (χ4n) is 3.87. The molecule has 0 radical (unpaired) electrons. The molecule has 1 aromatic heterocycles. The first-order valence-electron chi connectivity index (χ1n) is 13.3. The first kappa shape index (κ1) is 33.7. The average molecular weight is 691 g/mol. The van der Waals surface area contributed by atoms with Gasteiger partial charge in [-0.3, -0.25) is 14.4 Å². The minimum atomic E-state index is -4.03. The molecule has 0 spiro atoms. The monoisotopic (exact) mass is 689 g/mol. The van der Waals surface area contributed by atoms with Crippen LogP contribution in [0.2, 0.25) is 15.1 Å². The Balaban J connectivity index is 1.31. The van der Waals surface area contributed by atoms with Crippen LogP contribution in [-0.4, -0.2) is 49.7 Å². The van der Waals surface area contributed by atoms with E-state index in [4.69, 9.17) is 39.2 Å². The van der Waals surface area contributed by atoms with E-state index in [9.17, 15) is 22.8 Å². The Morgan fingerprint density at radius 1 is 0.867 bits per heavy atom. The van der Waals surface area contributed by atoms with Gasteiger partial charge < -0.3 is 15.1 Å². The van der Waals surface area contributed by atoms with E-state index < -0.39 is 34.3 Å². The summed E-state index contributed by atoms with van der Waals surface area (Å²) in [6.45, 7) is -0.549. The molecule has 0 unspecified atom stereocenters. The second kappa shape index (κ2) is 15.7. The van der Waals surface area contributed by atoms with Crippen LogP contribution in [0, 0.1) is 0 Å². The van der Waals surface area contributed by atoms with E-state index in [0.717, 1.165) is 9.87 Å². The molecule has 0 saturated carbocycles. The number of hydrazone groups is 1. The van der Waals surface area contributed by atoms with Crippen molar-refractivity contribution in [2.45, 2.75) is 17.9 Å². The predicted molar refractivity (Wildman–Crippen MR) is 172 cm³/mol. The molecule has 4 rings (SSSR count). The second-order valence-corrected chi connectivity index (χ2v) is 12.6. The number of amides is 3. The average Bonchev–Trinajstić information content (AvgIpc) is 3.48. The Bertz CT molecular complexity index is 1800. The smallest absolute Gasteiger partial charge is 0.313 e. The molecule has 15 heteroatoms. The molecule has 0 atom stereocenters. The highest BCUT2D eigenvalue weighted by atomic mass is 35.5. The van der Waals surface area contributed by atoms with Crippen LogP contribution in [0.1, 0.15) is 17.1 Å². The molecule has 0 fully saturated rings. The summed E-state index contributed by atoms with van der Waals surface area (Å²) in [5.41, 5.74) is 3.50. The molecular weight excluding hydrogens is 665 g/mol. The van der Waals surface area contributed by atoms with E-state index in [-0.39, 0.29) is 28.8 Å². The lowest BCUT2D eigenvalue weighted by atomic mass is 10.1. The van der Waals surface area contributed by atoms with Gasteiger partial charge in [-0.15, -0.1) is 0 Å². The summed E-state index contributed by atoms with van der Waals surface area (Å²) in [5.74, 6) is -1.97. The third kappa shape index (κ3) is 9.90. The van der Waals surface area contributed by atoms with Crippen molar-refractivity contribution in [2.75, 3.05) is 18.4 Å². The molecule has 234 valence electrons. The normalized spacial score (nSPS) is 11.5. The lowest BCUT2D eigenvalue weighted by molar-refractivity contribution is -0.136. The third-order valence-corrected chi connectivity index (χ3v) is 8.98. The van der Waals surface area contributed by atoms with Crippen LogP contribution < -0.4 is 16.1 Å². The van der Waals surface area contributed by atoms with E-state index in [2.05, 4.69) is 21.2 Å². The van der Waals surface area contributed by atoms with Crippen molar-refractivity contribution in [3.63, 3.8) is 0 Å². The predicted octanol–water partition coefficient (Wildman–Crippen LogP) is 4.88. The highest BCUT2D eigenvalue weighted by Crippen LogP contribution is 2.25. The van der Waals surface area contributed by atoms with Crippen molar-refractivity contribution >= 4 is 74.4 Å². The number of sulfonamides is 1. The van der Waals surface area contributed by atoms with E-state index in [1.165, 1.54) is 54.7 Å². The van der Waals surface area contributed by atoms with Crippen LogP contribution in [0.5, 0.6) is 0 Å². The largest absolute Gasteiger partial charge is 0.458 e. The Hall–Kier alpha value is -4.20. The number of nitrogens with one attached hydrogen (secondary N) is 3. The Morgan fingerprint density at radius 2 is 1.60 bits per heavy atom. The van der Waals surface area contributed by atoms with Crippen molar-refractivity contribution in [1.82, 2.24) is 15.0 Å². The molecule has 3 N–H and O–H groups in total. The van der Waals surface area contributed by atoms with Crippen molar-refractivity contribution in [2.24, 2.45) is 5.10 Å². The number of furan rings is 1. The number of nitrogens with zero attached hydrogens (tertiary/aromatic N) is 2. The van der Waals surface area contributed by atoms with Crippen LogP contribution in [0.25, 0.3) is 0 Å². The molecule has 3 aromatic carbocycles. The molecule has 3 amide bonds. The van der Waals surface area contributed by atoms with Crippen molar-refractivity contribution in [1.29, 1.82) is 0 Å². The Labute approximate surface area is 274 Å². The molecule has 0 aliphatic rings. The Kier molecular flexibility index (Phi) is 11.7. The number of benzene rings is 3. The number of rotatable bonds is 12. The zero-order chi connectivity index (χ0) is 32.4. The zero-order valence-corrected chi connectivity index (χ0v) is 26.5. The zero-order valence-electron chi connectivity index (χ0n) is 23.4. The molecule has 11 nitrogen and oxygen atoms in total. The van der Waals surface area contributed by atoms with Gasteiger partial charge in [-0.1, -0.05) is 65.1 Å². The first-order chi connectivity index (χ1) is 21.5. The van der Waals surface area contributed by atoms with E-state index in [0.29, 0.717) is 27.9 Å². The molecule has 1 heterocycles. The molecule has 45 heavy (non-hydrogen) atoms. The van der Waals surface area contributed by atoms with Gasteiger partial charge in [-0.2, -0.15) is 9.41 Å². The van der Waals surface area contributed by atoms with Crippen LogP contribution in [0.3, 0.4) is 0 Å². The second-order valence-electron chi connectivity index (χ2n) is 9.39. The minimum absolute atomic E-state index is 0.00155. The molecular formula is C30H26Cl3N5O6S. The fraction of sp³-hybridized carbons (Fsp3) is 0.133. The summed E-state index contributed by atoms with van der Waals surface area (Å²) >= 11 is 17.7. The van der Waals surface area contributed by atoms with Gasteiger partial charge in [0.1, 0.15) is 11.5 Å². The fourth-order valence-corrected chi connectivity index (χ4v) is 5.69. The van der Waals surface area contributed by atoms with Gasteiger partial charge in [-0.25, -0.2) is 13.8 Å². The quantitative estimate of drug-likeness (QED) is 0.110. The highest BCUT2D eigenvalue weighted by Gasteiger charge is 2.26. The number of hydrogen-bond donors (Lipinski definition) is 3. The van der Waals surface area contributed by atoms with Gasteiger partial charge in [0.05, 0.1) is 34.2 Å². The number of hydrogen-bond acceptors (Lipinski definition) is 7. The summed E-state index contributed by atoms with van der Waals surface area (Å²) in [5, 5.41) is 9.58. The van der Waals surface area contributed by atoms with Crippen molar-refractivity contribution in [3.8, 4) is 0 Å². The maximum absolute atomic E-state index is 13.4. The van der Waals surface area contributed by atoms with Crippen LogP contribution in [-0.2, 0) is 37.4 Å². The summed E-state index contributed by atoms with van der Waals surface area (Å²) in [7, 11) is -4.03. The summed E-state index contributed by atoms with van der Waals surface area (Å²) in [4.78, 5) is 37.0. The van der Waals surface area contributed by atoms with Crippen LogP contribution >= 0.6 is 34.8 Å². The van der Waals surface area contributed by atoms with Crippen molar-refractivity contribution in [3.05, 3.63) is 117 Å². The topological polar surface area (TPSA) is 150 Å². The molecule has 0 aliphatic heterocycles. The number of carbonyl (C=O) groups excluding carboxylic acids is 3. The van der Waals surface area contributed by atoms with E-state index >= 15 is 0 Å². The summed E-state index contributed by atoms with van der Waals surface area (Å²) in [6.07, 6.45) is 1.59. The summed E-state index contributed by atoms with van der Waals surface area (Å²) < 4.78 is 33.3. The molecule has 0 bridgehead atoms. The number of halogens is 3. The highest BCUT2D eigenvalue weighted by molar-refractivity contribution is 7.89.